The van der Waals surface area contributed by atoms with Crippen molar-refractivity contribution in [2.75, 3.05) is 45.8 Å². The van der Waals surface area contributed by atoms with Crippen molar-refractivity contribution < 1.29 is 4.79 Å². The molecule has 28 heavy (non-hydrogen) atoms. The summed E-state index contributed by atoms with van der Waals surface area (Å²) in [5.41, 5.74) is 1.80. The number of rotatable bonds is 4. The number of amides is 1. The van der Waals surface area contributed by atoms with E-state index >= 15 is 0 Å². The fourth-order valence-corrected chi connectivity index (χ4v) is 7.54. The van der Waals surface area contributed by atoms with E-state index in [9.17, 15) is 4.79 Å². The summed E-state index contributed by atoms with van der Waals surface area (Å²) in [4.78, 5) is 21.1. The SMILES string of the molecule is CCN1C[C@H]2C3(CCN(Cc4ccsc4)CC3)CC[C@@]2(C(=O)N2CCCC2)C1. The second-order valence-electron chi connectivity index (χ2n) is 9.81. The first-order chi connectivity index (χ1) is 13.7. The molecule has 2 atom stereocenters. The van der Waals surface area contributed by atoms with Gasteiger partial charge < -0.3 is 9.80 Å². The lowest BCUT2D eigenvalue weighted by Crippen LogP contribution is -2.49. The van der Waals surface area contributed by atoms with E-state index in [4.69, 9.17) is 0 Å². The maximum atomic E-state index is 13.7. The standard InChI is InChI=1S/C23H35N3OS/c1-2-24-16-20-22(8-12-25(13-9-22)15-19-5-14-28-17-19)6-7-23(20,18-24)21(27)26-10-3-4-11-26/h5,14,17,20H,2-4,6-13,15-16,18H2,1H3/t20-,23+/m0/s1. The van der Waals surface area contributed by atoms with Crippen molar-refractivity contribution in [2.45, 2.75) is 52.0 Å². The highest BCUT2D eigenvalue weighted by molar-refractivity contribution is 7.07. The van der Waals surface area contributed by atoms with Crippen LogP contribution in [0, 0.1) is 16.7 Å². The first-order valence-corrected chi connectivity index (χ1v) is 12.3. The Bertz CT molecular complexity index is 691. The molecule has 0 unspecified atom stereocenters. The summed E-state index contributed by atoms with van der Waals surface area (Å²) in [6.07, 6.45) is 7.39. The average Bonchev–Trinajstić information content (AvgIpc) is 3.50. The highest BCUT2D eigenvalue weighted by atomic mass is 32.1. The molecule has 5 rings (SSSR count). The molecular weight excluding hydrogens is 366 g/mol. The van der Waals surface area contributed by atoms with Crippen molar-refractivity contribution >= 4 is 17.2 Å². The van der Waals surface area contributed by atoms with Gasteiger partial charge in [0.05, 0.1) is 5.41 Å². The van der Waals surface area contributed by atoms with Gasteiger partial charge in [-0.2, -0.15) is 11.3 Å². The maximum absolute atomic E-state index is 13.7. The summed E-state index contributed by atoms with van der Waals surface area (Å²) in [7, 11) is 0. The van der Waals surface area contributed by atoms with Gasteiger partial charge in [0.2, 0.25) is 5.91 Å². The second kappa shape index (κ2) is 7.41. The lowest BCUT2D eigenvalue weighted by Gasteiger charge is -2.45. The van der Waals surface area contributed by atoms with Gasteiger partial charge in [-0.1, -0.05) is 6.92 Å². The minimum atomic E-state index is -0.0735. The number of carbonyl (C=O) groups is 1. The minimum Gasteiger partial charge on any atom is -0.342 e. The third-order valence-electron chi connectivity index (χ3n) is 8.53. The van der Waals surface area contributed by atoms with E-state index in [2.05, 4.69) is 38.4 Å². The Hall–Kier alpha value is -0.910. The molecule has 0 radical (unpaired) electrons. The summed E-state index contributed by atoms with van der Waals surface area (Å²) < 4.78 is 0. The van der Waals surface area contributed by atoms with E-state index in [-0.39, 0.29) is 5.41 Å². The Morgan fingerprint density at radius 2 is 1.89 bits per heavy atom. The number of nitrogens with zero attached hydrogens (tertiary/aromatic N) is 3. The van der Waals surface area contributed by atoms with Gasteiger partial charge >= 0.3 is 0 Å². The number of likely N-dealkylation sites (tertiary alicyclic amines) is 3. The lowest BCUT2D eigenvalue weighted by molar-refractivity contribution is -0.143. The largest absolute Gasteiger partial charge is 0.342 e. The Balaban J connectivity index is 1.33. The monoisotopic (exact) mass is 401 g/mol. The third kappa shape index (κ3) is 3.05. The van der Waals surface area contributed by atoms with Crippen molar-refractivity contribution in [3.63, 3.8) is 0 Å². The van der Waals surface area contributed by atoms with Gasteiger partial charge in [0.15, 0.2) is 0 Å². The maximum Gasteiger partial charge on any atom is 0.230 e. The summed E-state index contributed by atoms with van der Waals surface area (Å²) in [6.45, 7) is 11.0. The Morgan fingerprint density at radius 1 is 1.11 bits per heavy atom. The van der Waals surface area contributed by atoms with Crippen molar-refractivity contribution in [3.8, 4) is 0 Å². The molecule has 0 N–H and O–H groups in total. The highest BCUT2D eigenvalue weighted by Gasteiger charge is 2.64. The van der Waals surface area contributed by atoms with E-state index in [1.165, 1.54) is 50.8 Å². The van der Waals surface area contributed by atoms with Crippen LogP contribution in [0.2, 0.25) is 0 Å². The number of thiophene rings is 1. The predicted octanol–water partition coefficient (Wildman–Crippen LogP) is 3.68. The van der Waals surface area contributed by atoms with Crippen LogP contribution < -0.4 is 0 Å². The van der Waals surface area contributed by atoms with Crippen LogP contribution >= 0.6 is 11.3 Å². The van der Waals surface area contributed by atoms with E-state index < -0.39 is 0 Å². The van der Waals surface area contributed by atoms with Crippen molar-refractivity contribution in [1.82, 2.24) is 14.7 Å². The first-order valence-electron chi connectivity index (χ1n) is 11.4. The van der Waals surface area contributed by atoms with Gasteiger partial charge in [0, 0.05) is 32.7 Å². The third-order valence-corrected chi connectivity index (χ3v) is 9.26. The Kier molecular flexibility index (Phi) is 5.05. The van der Waals surface area contributed by atoms with Crippen LogP contribution in [0.3, 0.4) is 0 Å². The van der Waals surface area contributed by atoms with Crippen LogP contribution in [0.15, 0.2) is 16.8 Å². The van der Waals surface area contributed by atoms with Crippen LogP contribution in [0.25, 0.3) is 0 Å². The fourth-order valence-electron chi connectivity index (χ4n) is 6.88. The van der Waals surface area contributed by atoms with Gasteiger partial charge in [0.25, 0.3) is 0 Å². The first kappa shape index (κ1) is 19.1. The number of fused-ring (bicyclic) bond motifs is 2. The molecular formula is C23H35N3OS. The molecule has 0 bridgehead atoms. The van der Waals surface area contributed by atoms with Gasteiger partial charge in [-0.3, -0.25) is 9.69 Å². The van der Waals surface area contributed by atoms with Gasteiger partial charge in [-0.25, -0.2) is 0 Å². The molecule has 1 amide bonds. The molecule has 1 saturated carbocycles. The van der Waals surface area contributed by atoms with Crippen LogP contribution in [-0.2, 0) is 11.3 Å². The van der Waals surface area contributed by atoms with E-state index in [1.54, 1.807) is 11.3 Å². The number of carbonyl (C=O) groups excluding carboxylic acids is 1. The molecule has 1 aromatic rings. The Labute approximate surface area is 173 Å². The van der Waals surface area contributed by atoms with E-state index in [1.807, 2.05) is 0 Å². The van der Waals surface area contributed by atoms with Crippen LogP contribution in [0.4, 0.5) is 0 Å². The lowest BCUT2D eigenvalue weighted by atomic mass is 9.65. The van der Waals surface area contributed by atoms with E-state index in [0.717, 1.165) is 45.7 Å². The van der Waals surface area contributed by atoms with Crippen molar-refractivity contribution in [2.24, 2.45) is 16.7 Å². The number of hydrogen-bond donors (Lipinski definition) is 0. The summed E-state index contributed by atoms with van der Waals surface area (Å²) in [5, 5.41) is 4.48. The van der Waals surface area contributed by atoms with Gasteiger partial charge in [-0.15, -0.1) is 0 Å². The van der Waals surface area contributed by atoms with Crippen LogP contribution in [0.1, 0.15) is 51.0 Å². The molecule has 1 spiro atoms. The molecule has 3 aliphatic heterocycles. The minimum absolute atomic E-state index is 0.0735. The zero-order chi connectivity index (χ0) is 19.2. The predicted molar refractivity (Wildman–Crippen MR) is 114 cm³/mol. The highest BCUT2D eigenvalue weighted by Crippen LogP contribution is 2.62. The van der Waals surface area contributed by atoms with E-state index in [0.29, 0.717) is 17.2 Å². The zero-order valence-electron chi connectivity index (χ0n) is 17.4. The summed E-state index contributed by atoms with van der Waals surface area (Å²) >= 11 is 1.80. The quantitative estimate of drug-likeness (QED) is 0.770. The molecule has 4 aliphatic rings. The average molecular weight is 402 g/mol. The normalized spacial score (nSPS) is 33.0. The van der Waals surface area contributed by atoms with Crippen molar-refractivity contribution in [3.05, 3.63) is 22.4 Å². The molecule has 154 valence electrons. The number of piperidine rings is 1. The number of hydrogen-bond acceptors (Lipinski definition) is 4. The smallest absolute Gasteiger partial charge is 0.230 e. The molecule has 4 nitrogen and oxygen atoms in total. The summed E-state index contributed by atoms with van der Waals surface area (Å²) in [5.74, 6) is 1.10. The van der Waals surface area contributed by atoms with Gasteiger partial charge in [0.1, 0.15) is 0 Å². The molecule has 4 fully saturated rings. The molecule has 1 aromatic heterocycles. The molecule has 4 heterocycles. The molecule has 1 aliphatic carbocycles. The second-order valence-corrected chi connectivity index (χ2v) is 10.6. The van der Waals surface area contributed by atoms with Crippen LogP contribution in [0.5, 0.6) is 0 Å². The van der Waals surface area contributed by atoms with Gasteiger partial charge in [-0.05, 0) is 91.9 Å². The topological polar surface area (TPSA) is 26.8 Å². The van der Waals surface area contributed by atoms with Crippen LogP contribution in [-0.4, -0.2) is 66.4 Å². The zero-order valence-corrected chi connectivity index (χ0v) is 18.2. The Morgan fingerprint density at radius 3 is 2.57 bits per heavy atom. The van der Waals surface area contributed by atoms with Crippen molar-refractivity contribution in [1.29, 1.82) is 0 Å². The molecule has 5 heteroatoms. The molecule has 0 aromatic carbocycles. The fraction of sp³-hybridized carbons (Fsp3) is 0.783. The summed E-state index contributed by atoms with van der Waals surface area (Å²) in [6, 6.07) is 2.26. The molecule has 3 saturated heterocycles.